The number of fused-ring (bicyclic) bond motifs is 1. The summed E-state index contributed by atoms with van der Waals surface area (Å²) in [6, 6.07) is 32.3. The fourth-order valence-corrected chi connectivity index (χ4v) is 7.45. The molecule has 4 aromatic carbocycles. The molecule has 53 heavy (non-hydrogen) atoms. The third-order valence-electron chi connectivity index (χ3n) is 10.4. The van der Waals surface area contributed by atoms with E-state index in [0.29, 0.717) is 12.8 Å². The van der Waals surface area contributed by atoms with Crippen molar-refractivity contribution in [3.8, 4) is 0 Å². The van der Waals surface area contributed by atoms with Crippen LogP contribution in [0.25, 0.3) is 11.0 Å². The van der Waals surface area contributed by atoms with Crippen molar-refractivity contribution in [1.82, 2.24) is 25.1 Å². The predicted molar refractivity (Wildman–Crippen MR) is 202 cm³/mol. The molecule has 2 amide bonds. The van der Waals surface area contributed by atoms with Crippen molar-refractivity contribution >= 4 is 22.8 Å². The van der Waals surface area contributed by atoms with Gasteiger partial charge in [0.2, 0.25) is 0 Å². The molecule has 4 N–H and O–H groups in total. The highest BCUT2D eigenvalue weighted by Crippen LogP contribution is 2.38. The zero-order chi connectivity index (χ0) is 36.7. The lowest BCUT2D eigenvalue weighted by molar-refractivity contribution is -0.253. The zero-order valence-corrected chi connectivity index (χ0v) is 29.9. The number of carbonyl (C=O) groups excluding carboxylic acids is 2. The molecule has 1 unspecified atom stereocenters. The van der Waals surface area contributed by atoms with E-state index in [4.69, 9.17) is 9.47 Å². The van der Waals surface area contributed by atoms with Crippen molar-refractivity contribution in [2.75, 3.05) is 19.6 Å². The molecule has 0 aliphatic carbocycles. The first kappa shape index (κ1) is 36.3. The summed E-state index contributed by atoms with van der Waals surface area (Å²) in [5, 5.41) is 15.3. The van der Waals surface area contributed by atoms with Crippen molar-refractivity contribution < 1.29 is 24.2 Å². The molecule has 5 aromatic rings. The van der Waals surface area contributed by atoms with Crippen molar-refractivity contribution in [2.24, 2.45) is 0 Å². The molecule has 2 aliphatic rings. The lowest BCUT2D eigenvalue weighted by Gasteiger charge is -2.40. The number of nitrogens with one attached hydrogen (secondary N) is 3. The summed E-state index contributed by atoms with van der Waals surface area (Å²) in [6.07, 6.45) is 1.95. The summed E-state index contributed by atoms with van der Waals surface area (Å²) in [6.45, 7) is 4.20. The monoisotopic (exact) mass is 717 g/mol. The number of nitrogens with zero attached hydrogens (tertiary/aromatic N) is 2. The standard InChI is InChI=1S/C42H47N5O6/c1-28(49)37(23-29-7-3-2-4-8-29)44-41(50)43-25-30-11-17-33(18-12-30)40-52-35(24-39(53-40)32-15-13-31(27-48)14-16-32)26-46-21-19-34(20-22-46)47-38-10-6-5-9-36(38)45-42(47)51/h2-18,34-35,37,39-40,48H,19-27H2,1H3,(H,45,51)(H2,43,44,50)/t35-,37+,39+,40?/m0/s1. The summed E-state index contributed by atoms with van der Waals surface area (Å²) < 4.78 is 15.1. The SMILES string of the molecule is CC(=O)[C@@H](Cc1ccccc1)NC(=O)NCc1ccc(C2O[C@H](CN3CCC(n4c(=O)[nH]c5ccccc54)CC3)C[C@H](c3ccc(CO)cc3)O2)cc1. The Labute approximate surface area is 308 Å². The molecule has 276 valence electrons. The summed E-state index contributed by atoms with van der Waals surface area (Å²) in [5.41, 5.74) is 6.38. The first-order valence-corrected chi connectivity index (χ1v) is 18.4. The van der Waals surface area contributed by atoms with Gasteiger partial charge >= 0.3 is 11.7 Å². The van der Waals surface area contributed by atoms with Gasteiger partial charge < -0.3 is 35.1 Å². The number of aromatic nitrogens is 2. The number of H-pyrrole nitrogens is 1. The summed E-state index contributed by atoms with van der Waals surface area (Å²) >= 11 is 0. The van der Waals surface area contributed by atoms with Gasteiger partial charge in [0.1, 0.15) is 0 Å². The van der Waals surface area contributed by atoms with Gasteiger partial charge in [0.25, 0.3) is 0 Å². The van der Waals surface area contributed by atoms with Gasteiger partial charge in [-0.15, -0.1) is 0 Å². The van der Waals surface area contributed by atoms with Crippen LogP contribution in [0.4, 0.5) is 4.79 Å². The number of carbonyl (C=O) groups is 2. The molecule has 2 fully saturated rings. The Bertz CT molecular complexity index is 2040. The van der Waals surface area contributed by atoms with E-state index < -0.39 is 18.4 Å². The highest BCUT2D eigenvalue weighted by Gasteiger charge is 2.34. The van der Waals surface area contributed by atoms with Crippen LogP contribution in [0.5, 0.6) is 0 Å². The van der Waals surface area contributed by atoms with Gasteiger partial charge in [-0.3, -0.25) is 9.36 Å². The lowest BCUT2D eigenvalue weighted by Crippen LogP contribution is -2.46. The van der Waals surface area contributed by atoms with E-state index in [1.165, 1.54) is 6.92 Å². The van der Waals surface area contributed by atoms with Crippen LogP contribution in [-0.4, -0.2) is 63.2 Å². The molecule has 11 heteroatoms. The lowest BCUT2D eigenvalue weighted by atomic mass is 9.98. The molecule has 0 radical (unpaired) electrons. The number of rotatable bonds is 12. The van der Waals surface area contributed by atoms with Gasteiger partial charge in [-0.1, -0.05) is 91.0 Å². The van der Waals surface area contributed by atoms with Crippen LogP contribution >= 0.6 is 0 Å². The van der Waals surface area contributed by atoms with Crippen LogP contribution in [0.3, 0.4) is 0 Å². The van der Waals surface area contributed by atoms with Gasteiger partial charge in [0.15, 0.2) is 12.1 Å². The van der Waals surface area contributed by atoms with Crippen LogP contribution in [0.2, 0.25) is 0 Å². The fourth-order valence-electron chi connectivity index (χ4n) is 7.45. The normalized spacial score (nSPS) is 20.2. The molecular formula is C42H47N5O6. The molecule has 1 aromatic heterocycles. The quantitative estimate of drug-likeness (QED) is 0.130. The zero-order valence-electron chi connectivity index (χ0n) is 29.9. The Morgan fingerprint density at radius 3 is 2.25 bits per heavy atom. The summed E-state index contributed by atoms with van der Waals surface area (Å²) in [5.74, 6) is -0.103. The number of benzene rings is 4. The number of aromatic amines is 1. The number of likely N-dealkylation sites (tertiary alicyclic amines) is 1. The number of aliphatic hydroxyl groups excluding tert-OH is 1. The van der Waals surface area contributed by atoms with E-state index >= 15 is 0 Å². The Balaban J connectivity index is 0.981. The largest absolute Gasteiger partial charge is 0.392 e. The van der Waals surface area contributed by atoms with Crippen molar-refractivity contribution in [2.45, 2.75) is 76.3 Å². The fraction of sp³-hybridized carbons (Fsp3) is 0.357. The van der Waals surface area contributed by atoms with Crippen LogP contribution in [-0.2, 0) is 33.8 Å². The van der Waals surface area contributed by atoms with E-state index in [-0.39, 0.29) is 42.9 Å². The number of urea groups is 1. The maximum atomic E-state index is 12.8. The number of amides is 2. The molecule has 7 rings (SSSR count). The Morgan fingerprint density at radius 1 is 0.849 bits per heavy atom. The molecule has 3 heterocycles. The number of imidazole rings is 1. The number of hydrogen-bond acceptors (Lipinski definition) is 7. The van der Waals surface area contributed by atoms with Gasteiger partial charge in [0, 0.05) is 44.2 Å². The van der Waals surface area contributed by atoms with E-state index in [1.54, 1.807) is 0 Å². The summed E-state index contributed by atoms with van der Waals surface area (Å²) in [7, 11) is 0. The van der Waals surface area contributed by atoms with E-state index in [1.807, 2.05) is 108 Å². The Kier molecular flexibility index (Phi) is 11.5. The first-order valence-electron chi connectivity index (χ1n) is 18.4. The van der Waals surface area contributed by atoms with Gasteiger partial charge in [-0.05, 0) is 60.6 Å². The topological polar surface area (TPSA) is 138 Å². The number of Topliss-reactive ketones (excluding diaryl/α,β-unsaturated/α-hetero) is 1. The molecule has 11 nitrogen and oxygen atoms in total. The van der Waals surface area contributed by atoms with Gasteiger partial charge in [-0.2, -0.15) is 0 Å². The average Bonchev–Trinajstić information content (AvgIpc) is 3.53. The van der Waals surface area contributed by atoms with Crippen LogP contribution in [0.15, 0.2) is 108 Å². The first-order chi connectivity index (χ1) is 25.8. The van der Waals surface area contributed by atoms with Crippen molar-refractivity contribution in [3.63, 3.8) is 0 Å². The highest BCUT2D eigenvalue weighted by molar-refractivity contribution is 5.87. The second-order valence-corrected chi connectivity index (χ2v) is 14.1. The predicted octanol–water partition coefficient (Wildman–Crippen LogP) is 5.70. The van der Waals surface area contributed by atoms with E-state index in [2.05, 4.69) is 20.5 Å². The minimum atomic E-state index is -0.614. The number of piperidine rings is 1. The van der Waals surface area contributed by atoms with Crippen molar-refractivity contribution in [1.29, 1.82) is 0 Å². The van der Waals surface area contributed by atoms with E-state index in [0.717, 1.165) is 71.3 Å². The van der Waals surface area contributed by atoms with Crippen LogP contribution in [0.1, 0.15) is 72.4 Å². The molecule has 2 saturated heterocycles. The molecule has 0 saturated carbocycles. The minimum Gasteiger partial charge on any atom is -0.392 e. The number of ketones is 1. The molecule has 0 bridgehead atoms. The molecule has 0 spiro atoms. The van der Waals surface area contributed by atoms with Crippen molar-refractivity contribution in [3.05, 3.63) is 141 Å². The van der Waals surface area contributed by atoms with Crippen LogP contribution < -0.4 is 16.3 Å². The third kappa shape index (κ3) is 8.94. The minimum absolute atomic E-state index is 0.0192. The number of hydrogen-bond donors (Lipinski definition) is 4. The maximum Gasteiger partial charge on any atom is 0.326 e. The third-order valence-corrected chi connectivity index (χ3v) is 10.4. The van der Waals surface area contributed by atoms with Gasteiger partial charge in [0.05, 0.1) is 35.9 Å². The average molecular weight is 718 g/mol. The number of aliphatic hydroxyl groups is 1. The molecule has 2 aliphatic heterocycles. The van der Waals surface area contributed by atoms with Gasteiger partial charge in [-0.25, -0.2) is 9.59 Å². The summed E-state index contributed by atoms with van der Waals surface area (Å²) in [4.78, 5) is 43.2. The highest BCUT2D eigenvalue weighted by atomic mass is 16.7. The van der Waals surface area contributed by atoms with E-state index in [9.17, 15) is 19.5 Å². The Morgan fingerprint density at radius 2 is 1.53 bits per heavy atom. The van der Waals surface area contributed by atoms with Crippen LogP contribution in [0, 0.1) is 0 Å². The maximum absolute atomic E-state index is 12.8. The molecule has 4 atom stereocenters. The molecular weight excluding hydrogens is 670 g/mol. The number of para-hydroxylation sites is 2. The Hall–Kier alpha value is -5.07. The second kappa shape index (κ2) is 16.7. The smallest absolute Gasteiger partial charge is 0.326 e. The number of ether oxygens (including phenoxy) is 2. The second-order valence-electron chi connectivity index (χ2n) is 14.1.